The van der Waals surface area contributed by atoms with Gasteiger partial charge in [-0.1, -0.05) is 19.1 Å². The molecule has 1 aromatic carbocycles. The van der Waals surface area contributed by atoms with Crippen LogP contribution in [0.5, 0.6) is 0 Å². The van der Waals surface area contributed by atoms with Gasteiger partial charge in [-0.3, -0.25) is 14.4 Å². The highest BCUT2D eigenvalue weighted by Crippen LogP contribution is 2.26. The summed E-state index contributed by atoms with van der Waals surface area (Å²) in [6, 6.07) is 8.18. The number of aromatic nitrogens is 2. The summed E-state index contributed by atoms with van der Waals surface area (Å²) in [6.45, 7) is 4.28. The number of carbonyl (C=O) groups is 2. The van der Waals surface area contributed by atoms with E-state index in [-0.39, 0.29) is 29.1 Å². The molecule has 2 amide bonds. The quantitative estimate of drug-likeness (QED) is 0.865. The van der Waals surface area contributed by atoms with Crippen molar-refractivity contribution in [2.45, 2.75) is 39.3 Å². The van der Waals surface area contributed by atoms with Crippen molar-refractivity contribution >= 4 is 17.5 Å². The average molecular weight is 340 g/mol. The molecule has 7 nitrogen and oxygen atoms in total. The van der Waals surface area contributed by atoms with Crippen LogP contribution in [0.1, 0.15) is 47.9 Å². The third kappa shape index (κ3) is 3.60. The maximum absolute atomic E-state index is 12.4. The Morgan fingerprint density at radius 3 is 2.88 bits per heavy atom. The third-order valence-corrected chi connectivity index (χ3v) is 4.14. The van der Waals surface area contributed by atoms with Crippen LogP contribution in [-0.2, 0) is 17.8 Å². The Labute approximate surface area is 145 Å². The Hall–Kier alpha value is -2.96. The van der Waals surface area contributed by atoms with Gasteiger partial charge < -0.3 is 10.6 Å². The Balaban J connectivity index is 1.75. The van der Waals surface area contributed by atoms with Gasteiger partial charge >= 0.3 is 0 Å². The van der Waals surface area contributed by atoms with Gasteiger partial charge in [-0.25, -0.2) is 4.68 Å². The van der Waals surface area contributed by atoms with Gasteiger partial charge in [0, 0.05) is 18.3 Å². The summed E-state index contributed by atoms with van der Waals surface area (Å²) in [6.07, 6.45) is 1.11. The summed E-state index contributed by atoms with van der Waals surface area (Å²) in [5.74, 6) is -0.363. The zero-order chi connectivity index (χ0) is 18.0. The fourth-order valence-electron chi connectivity index (χ4n) is 2.81. The minimum atomic E-state index is -0.341. The first-order valence-electron chi connectivity index (χ1n) is 8.29. The summed E-state index contributed by atoms with van der Waals surface area (Å²) in [4.78, 5) is 35.6. The number of nitrogens with one attached hydrogen (secondary N) is 2. The van der Waals surface area contributed by atoms with Gasteiger partial charge in [-0.05, 0) is 36.6 Å². The normalized spacial score (nSPS) is 13.9. The van der Waals surface area contributed by atoms with E-state index in [0.717, 1.165) is 23.2 Å². The predicted molar refractivity (Wildman–Crippen MR) is 93.4 cm³/mol. The molecular weight excluding hydrogens is 320 g/mol. The SMILES string of the molecule is CCCn1nc(C(=O)NC(C)c2ccc3c(c2)CC(=O)N3)ccc1=O. The minimum Gasteiger partial charge on any atom is -0.344 e. The lowest BCUT2D eigenvalue weighted by atomic mass is 10.0. The smallest absolute Gasteiger partial charge is 0.272 e. The fraction of sp³-hybridized carbons (Fsp3) is 0.333. The number of benzene rings is 1. The first-order chi connectivity index (χ1) is 12.0. The molecule has 25 heavy (non-hydrogen) atoms. The maximum atomic E-state index is 12.4. The first-order valence-corrected chi connectivity index (χ1v) is 8.29. The van der Waals surface area contributed by atoms with Crippen LogP contribution in [0.15, 0.2) is 35.1 Å². The molecule has 2 heterocycles. The van der Waals surface area contributed by atoms with Gasteiger partial charge in [0.15, 0.2) is 0 Å². The lowest BCUT2D eigenvalue weighted by Gasteiger charge is -2.15. The van der Waals surface area contributed by atoms with Crippen molar-refractivity contribution in [1.82, 2.24) is 15.1 Å². The van der Waals surface area contributed by atoms with Crippen molar-refractivity contribution in [2.75, 3.05) is 5.32 Å². The highest BCUT2D eigenvalue weighted by molar-refractivity contribution is 5.99. The molecule has 1 atom stereocenters. The van der Waals surface area contributed by atoms with E-state index < -0.39 is 0 Å². The van der Waals surface area contributed by atoms with Gasteiger partial charge in [0.2, 0.25) is 5.91 Å². The Morgan fingerprint density at radius 1 is 1.32 bits per heavy atom. The first kappa shape index (κ1) is 16.9. The average Bonchev–Trinajstić information content (AvgIpc) is 2.96. The second kappa shape index (κ2) is 6.88. The molecule has 1 unspecified atom stereocenters. The Morgan fingerprint density at radius 2 is 2.12 bits per heavy atom. The molecule has 2 aromatic rings. The highest BCUT2D eigenvalue weighted by Gasteiger charge is 2.20. The molecule has 1 aliphatic heterocycles. The molecule has 0 bridgehead atoms. The molecule has 0 saturated heterocycles. The number of fused-ring (bicyclic) bond motifs is 1. The zero-order valence-corrected chi connectivity index (χ0v) is 14.2. The number of aryl methyl sites for hydroxylation is 1. The number of nitrogens with zero attached hydrogens (tertiary/aromatic N) is 2. The van der Waals surface area contributed by atoms with E-state index in [1.54, 1.807) is 0 Å². The van der Waals surface area contributed by atoms with E-state index >= 15 is 0 Å². The van der Waals surface area contributed by atoms with E-state index in [0.29, 0.717) is 13.0 Å². The van der Waals surface area contributed by atoms with Crippen LogP contribution in [-0.4, -0.2) is 21.6 Å². The standard InChI is InChI=1S/C18H20N4O3/c1-3-8-22-17(24)7-6-15(21-22)18(25)19-11(2)12-4-5-14-13(9-12)10-16(23)20-14/h4-7,9,11H,3,8,10H2,1-2H3,(H,19,25)(H,20,23). The van der Waals surface area contributed by atoms with E-state index in [1.165, 1.54) is 16.8 Å². The van der Waals surface area contributed by atoms with Crippen LogP contribution in [0, 0.1) is 0 Å². The van der Waals surface area contributed by atoms with Crippen molar-refractivity contribution in [3.63, 3.8) is 0 Å². The van der Waals surface area contributed by atoms with Crippen molar-refractivity contribution in [2.24, 2.45) is 0 Å². The van der Waals surface area contributed by atoms with Crippen LogP contribution in [0.2, 0.25) is 0 Å². The minimum absolute atomic E-state index is 0.0220. The van der Waals surface area contributed by atoms with Crippen LogP contribution < -0.4 is 16.2 Å². The number of hydrogen-bond acceptors (Lipinski definition) is 4. The third-order valence-electron chi connectivity index (χ3n) is 4.14. The maximum Gasteiger partial charge on any atom is 0.272 e. The molecule has 0 saturated carbocycles. The molecule has 1 aliphatic rings. The fourth-order valence-corrected chi connectivity index (χ4v) is 2.81. The van der Waals surface area contributed by atoms with Crippen LogP contribution in [0.25, 0.3) is 0 Å². The number of rotatable bonds is 5. The number of hydrogen-bond donors (Lipinski definition) is 2. The summed E-state index contributed by atoms with van der Waals surface area (Å²) in [5.41, 5.74) is 2.64. The summed E-state index contributed by atoms with van der Waals surface area (Å²) in [5, 5.41) is 9.78. The molecular formula is C18H20N4O3. The van der Waals surface area contributed by atoms with Crippen molar-refractivity contribution in [3.05, 3.63) is 57.5 Å². The molecule has 2 N–H and O–H groups in total. The summed E-state index contributed by atoms with van der Waals surface area (Å²) >= 11 is 0. The van der Waals surface area contributed by atoms with Gasteiger partial charge in [0.05, 0.1) is 12.5 Å². The topological polar surface area (TPSA) is 93.1 Å². The Kier molecular flexibility index (Phi) is 4.65. The van der Waals surface area contributed by atoms with Gasteiger partial charge in [-0.15, -0.1) is 0 Å². The van der Waals surface area contributed by atoms with E-state index in [9.17, 15) is 14.4 Å². The predicted octanol–water partition coefficient (Wildman–Crippen LogP) is 1.64. The van der Waals surface area contributed by atoms with Crippen molar-refractivity contribution in [3.8, 4) is 0 Å². The lowest BCUT2D eigenvalue weighted by Crippen LogP contribution is -2.31. The number of amides is 2. The largest absolute Gasteiger partial charge is 0.344 e. The molecule has 0 radical (unpaired) electrons. The van der Waals surface area contributed by atoms with Crippen molar-refractivity contribution in [1.29, 1.82) is 0 Å². The summed E-state index contributed by atoms with van der Waals surface area (Å²) < 4.78 is 1.30. The monoisotopic (exact) mass is 340 g/mol. The Bertz CT molecular complexity index is 888. The molecule has 7 heteroatoms. The molecule has 0 spiro atoms. The second-order valence-corrected chi connectivity index (χ2v) is 6.12. The summed E-state index contributed by atoms with van der Waals surface area (Å²) in [7, 11) is 0. The van der Waals surface area contributed by atoms with Gasteiger partial charge in [0.25, 0.3) is 11.5 Å². The molecule has 0 aliphatic carbocycles. The molecule has 3 rings (SSSR count). The van der Waals surface area contributed by atoms with Crippen LogP contribution in [0.4, 0.5) is 5.69 Å². The second-order valence-electron chi connectivity index (χ2n) is 6.12. The van der Waals surface area contributed by atoms with E-state index in [2.05, 4.69) is 15.7 Å². The van der Waals surface area contributed by atoms with Crippen LogP contribution >= 0.6 is 0 Å². The van der Waals surface area contributed by atoms with Crippen molar-refractivity contribution < 1.29 is 9.59 Å². The number of anilines is 1. The van der Waals surface area contributed by atoms with Crippen LogP contribution in [0.3, 0.4) is 0 Å². The van der Waals surface area contributed by atoms with Gasteiger partial charge in [-0.2, -0.15) is 5.10 Å². The van der Waals surface area contributed by atoms with E-state index in [4.69, 9.17) is 0 Å². The molecule has 0 fully saturated rings. The number of carbonyl (C=O) groups excluding carboxylic acids is 2. The molecule has 130 valence electrons. The van der Waals surface area contributed by atoms with E-state index in [1.807, 2.05) is 32.0 Å². The molecule has 1 aromatic heterocycles. The lowest BCUT2D eigenvalue weighted by molar-refractivity contribution is -0.115. The zero-order valence-electron chi connectivity index (χ0n) is 14.2. The van der Waals surface area contributed by atoms with Gasteiger partial charge in [0.1, 0.15) is 5.69 Å². The highest BCUT2D eigenvalue weighted by atomic mass is 16.2.